The van der Waals surface area contributed by atoms with Crippen LogP contribution >= 0.6 is 46.0 Å². The van der Waals surface area contributed by atoms with Gasteiger partial charge in [0.1, 0.15) is 5.01 Å². The average molecular weight is 303 g/mol. The number of halogens is 1. The lowest BCUT2D eigenvalue weighted by Crippen LogP contribution is -2.30. The van der Waals surface area contributed by atoms with Crippen LogP contribution in [-0.4, -0.2) is 23.0 Å². The second kappa shape index (κ2) is 5.28. The van der Waals surface area contributed by atoms with Crippen molar-refractivity contribution in [1.29, 1.82) is 0 Å². The number of nitrogens with zero attached hydrogens (tertiary/aromatic N) is 1. The molecule has 1 atom stereocenters. The van der Waals surface area contributed by atoms with Crippen LogP contribution in [0.4, 0.5) is 0 Å². The zero-order valence-electron chi connectivity index (χ0n) is 8.98. The van der Waals surface area contributed by atoms with Crippen molar-refractivity contribution in [3.05, 3.63) is 26.2 Å². The molecule has 0 radical (unpaired) electrons. The highest BCUT2D eigenvalue weighted by molar-refractivity contribution is 7.99. The van der Waals surface area contributed by atoms with Gasteiger partial charge in [-0.1, -0.05) is 11.6 Å². The molecule has 1 N–H and O–H groups in total. The maximum absolute atomic E-state index is 5.94. The van der Waals surface area contributed by atoms with Crippen LogP contribution in [0.1, 0.15) is 11.0 Å². The molecule has 3 rings (SSSR count). The number of nitrogens with one attached hydrogen (secondary N) is 1. The number of hydrogen-bond donors (Lipinski definition) is 1. The third-order valence-electron chi connectivity index (χ3n) is 2.60. The smallest absolute Gasteiger partial charge is 0.111 e. The molecule has 1 fully saturated rings. The van der Waals surface area contributed by atoms with Crippen LogP contribution in [0.25, 0.3) is 11.3 Å². The normalized spacial score (nSPS) is 20.6. The van der Waals surface area contributed by atoms with Crippen molar-refractivity contribution in [3.63, 3.8) is 0 Å². The lowest BCUT2D eigenvalue weighted by Gasteiger charge is -2.20. The minimum absolute atomic E-state index is 0.418. The van der Waals surface area contributed by atoms with E-state index in [0.29, 0.717) is 6.04 Å². The van der Waals surface area contributed by atoms with E-state index in [1.807, 2.05) is 17.8 Å². The summed E-state index contributed by atoms with van der Waals surface area (Å²) in [5, 5.41) is 8.88. The summed E-state index contributed by atoms with van der Waals surface area (Å²) in [5.74, 6) is 2.33. The number of hydrogen-bond acceptors (Lipinski definition) is 5. The van der Waals surface area contributed by atoms with Crippen LogP contribution in [0.3, 0.4) is 0 Å². The number of rotatable bonds is 2. The van der Waals surface area contributed by atoms with E-state index in [9.17, 15) is 0 Å². The molecule has 17 heavy (non-hydrogen) atoms. The standard InChI is InChI=1S/C11H11ClN2S3/c12-10-3-7(4-16-10)8-6-17-11(14-8)9-5-15-2-1-13-9/h3-4,6,9,13H,1-2,5H2. The second-order valence-corrected chi connectivity index (χ2v) is 7.37. The molecule has 0 spiro atoms. The summed E-state index contributed by atoms with van der Waals surface area (Å²) in [6.45, 7) is 1.08. The molecule has 1 aliphatic rings. The molecule has 0 amide bonds. The first kappa shape index (κ1) is 12.0. The fourth-order valence-corrected chi connectivity index (χ4v) is 4.57. The molecular formula is C11H11ClN2S3. The van der Waals surface area contributed by atoms with Gasteiger partial charge in [-0.2, -0.15) is 11.8 Å². The van der Waals surface area contributed by atoms with Crippen LogP contribution in [0.2, 0.25) is 4.34 Å². The van der Waals surface area contributed by atoms with Crippen LogP contribution in [0.5, 0.6) is 0 Å². The summed E-state index contributed by atoms with van der Waals surface area (Å²) in [4.78, 5) is 4.71. The van der Waals surface area contributed by atoms with Crippen LogP contribution in [-0.2, 0) is 0 Å². The van der Waals surface area contributed by atoms with Gasteiger partial charge in [0.25, 0.3) is 0 Å². The minimum atomic E-state index is 0.418. The average Bonchev–Trinajstić information content (AvgIpc) is 2.98. The summed E-state index contributed by atoms with van der Waals surface area (Å²) in [6.07, 6.45) is 0. The molecular weight excluding hydrogens is 292 g/mol. The molecule has 2 aromatic heterocycles. The lowest BCUT2D eigenvalue weighted by atomic mass is 10.3. The second-order valence-electron chi connectivity index (χ2n) is 3.79. The van der Waals surface area contributed by atoms with Gasteiger partial charge in [-0.05, 0) is 6.07 Å². The van der Waals surface area contributed by atoms with E-state index < -0.39 is 0 Å². The molecule has 0 aromatic carbocycles. The zero-order chi connectivity index (χ0) is 11.7. The first-order chi connectivity index (χ1) is 8.33. The van der Waals surface area contributed by atoms with Crippen molar-refractivity contribution in [2.24, 2.45) is 0 Å². The van der Waals surface area contributed by atoms with Crippen molar-refractivity contribution in [2.75, 3.05) is 18.1 Å². The lowest BCUT2D eigenvalue weighted by molar-refractivity contribution is 0.592. The van der Waals surface area contributed by atoms with Gasteiger partial charge >= 0.3 is 0 Å². The number of aromatic nitrogens is 1. The molecule has 2 aromatic rings. The Balaban J connectivity index is 1.82. The fourth-order valence-electron chi connectivity index (χ4n) is 1.75. The molecule has 0 aliphatic carbocycles. The van der Waals surface area contributed by atoms with E-state index in [1.54, 1.807) is 22.7 Å². The van der Waals surface area contributed by atoms with Crippen molar-refractivity contribution in [1.82, 2.24) is 10.3 Å². The molecule has 2 nitrogen and oxygen atoms in total. The van der Waals surface area contributed by atoms with Gasteiger partial charge in [0, 0.05) is 34.4 Å². The maximum atomic E-state index is 5.94. The van der Waals surface area contributed by atoms with Gasteiger partial charge in [-0.15, -0.1) is 22.7 Å². The Kier molecular flexibility index (Phi) is 3.72. The van der Waals surface area contributed by atoms with E-state index in [2.05, 4.69) is 16.1 Å². The van der Waals surface area contributed by atoms with Gasteiger partial charge in [0.05, 0.1) is 16.1 Å². The number of thiazole rings is 1. The van der Waals surface area contributed by atoms with Gasteiger partial charge in [-0.25, -0.2) is 4.98 Å². The monoisotopic (exact) mass is 302 g/mol. The molecule has 0 bridgehead atoms. The molecule has 1 saturated heterocycles. The summed E-state index contributed by atoms with van der Waals surface area (Å²) in [6, 6.07) is 2.40. The highest BCUT2D eigenvalue weighted by Crippen LogP contribution is 2.32. The molecule has 3 heterocycles. The van der Waals surface area contributed by atoms with Gasteiger partial charge < -0.3 is 5.32 Å². The predicted molar refractivity (Wildman–Crippen MR) is 78.5 cm³/mol. The Hall–Kier alpha value is -0.0700. The molecule has 1 unspecified atom stereocenters. The summed E-state index contributed by atoms with van der Waals surface area (Å²) in [7, 11) is 0. The maximum Gasteiger partial charge on any atom is 0.111 e. The Morgan fingerprint density at radius 3 is 3.00 bits per heavy atom. The third kappa shape index (κ3) is 2.69. The Labute approximate surface area is 117 Å². The van der Waals surface area contributed by atoms with Crippen molar-refractivity contribution in [3.8, 4) is 11.3 Å². The number of thiophene rings is 1. The van der Waals surface area contributed by atoms with E-state index in [0.717, 1.165) is 27.9 Å². The van der Waals surface area contributed by atoms with Crippen LogP contribution in [0.15, 0.2) is 16.8 Å². The first-order valence-corrected chi connectivity index (χ1v) is 8.63. The Bertz CT molecular complexity index is 502. The van der Waals surface area contributed by atoms with E-state index in [4.69, 9.17) is 16.6 Å². The summed E-state index contributed by atoms with van der Waals surface area (Å²) in [5.41, 5.74) is 2.18. The molecule has 1 aliphatic heterocycles. The van der Waals surface area contributed by atoms with Gasteiger partial charge in [0.15, 0.2) is 0 Å². The molecule has 90 valence electrons. The zero-order valence-corrected chi connectivity index (χ0v) is 12.2. The third-order valence-corrected chi connectivity index (χ3v) is 5.72. The van der Waals surface area contributed by atoms with Crippen LogP contribution in [0, 0.1) is 0 Å². The van der Waals surface area contributed by atoms with Gasteiger partial charge in [-0.3, -0.25) is 0 Å². The number of thioether (sulfide) groups is 1. The highest BCUT2D eigenvalue weighted by atomic mass is 35.5. The van der Waals surface area contributed by atoms with Crippen molar-refractivity contribution in [2.45, 2.75) is 6.04 Å². The van der Waals surface area contributed by atoms with E-state index >= 15 is 0 Å². The first-order valence-electron chi connectivity index (χ1n) is 5.34. The quantitative estimate of drug-likeness (QED) is 0.910. The highest BCUT2D eigenvalue weighted by Gasteiger charge is 2.18. The summed E-state index contributed by atoms with van der Waals surface area (Å²) >= 11 is 11.2. The predicted octanol–water partition coefficient (Wildman–Crippen LogP) is 3.90. The fraction of sp³-hybridized carbons (Fsp3) is 0.364. The Morgan fingerprint density at radius 1 is 1.35 bits per heavy atom. The van der Waals surface area contributed by atoms with Gasteiger partial charge in [0.2, 0.25) is 0 Å². The van der Waals surface area contributed by atoms with E-state index in [1.165, 1.54) is 10.8 Å². The molecule has 0 saturated carbocycles. The van der Waals surface area contributed by atoms with Crippen molar-refractivity contribution < 1.29 is 0 Å². The van der Waals surface area contributed by atoms with E-state index in [-0.39, 0.29) is 0 Å². The summed E-state index contributed by atoms with van der Waals surface area (Å²) < 4.78 is 0.820. The SMILES string of the molecule is Clc1cc(-c2csc(C3CSCCN3)n2)cs1. The molecule has 6 heteroatoms. The van der Waals surface area contributed by atoms with Crippen LogP contribution < -0.4 is 5.32 Å². The largest absolute Gasteiger partial charge is 0.306 e. The Morgan fingerprint density at radius 2 is 2.29 bits per heavy atom. The minimum Gasteiger partial charge on any atom is -0.306 e. The topological polar surface area (TPSA) is 24.9 Å². The van der Waals surface area contributed by atoms with Crippen molar-refractivity contribution >= 4 is 46.0 Å².